The molecule has 1 aliphatic rings. The van der Waals surface area contributed by atoms with E-state index in [0.29, 0.717) is 6.04 Å². The molecule has 0 bridgehead atoms. The minimum absolute atomic E-state index is 0.432. The Bertz CT molecular complexity index is 424. The minimum Gasteiger partial charge on any atom is -0.312 e. The first-order chi connectivity index (χ1) is 10.2. The zero-order valence-electron chi connectivity index (χ0n) is 14.1. The summed E-state index contributed by atoms with van der Waals surface area (Å²) in [6.45, 7) is 12.7. The van der Waals surface area contributed by atoms with E-state index in [9.17, 15) is 0 Å². The highest BCUT2D eigenvalue weighted by Gasteiger charge is 2.22. The van der Waals surface area contributed by atoms with Crippen LogP contribution in [0.5, 0.6) is 0 Å². The molecular formula is C18H31N3. The van der Waals surface area contributed by atoms with Gasteiger partial charge in [-0.05, 0) is 38.4 Å². The first kappa shape index (κ1) is 16.5. The first-order valence-corrected chi connectivity index (χ1v) is 8.34. The number of nitrogens with one attached hydrogen (secondary N) is 1. The van der Waals surface area contributed by atoms with E-state index in [1.54, 1.807) is 0 Å². The molecule has 0 spiro atoms. The van der Waals surface area contributed by atoms with Crippen LogP contribution in [-0.2, 0) is 0 Å². The van der Waals surface area contributed by atoms with E-state index in [2.05, 4.69) is 67.2 Å². The van der Waals surface area contributed by atoms with Crippen molar-refractivity contribution < 1.29 is 0 Å². The second kappa shape index (κ2) is 7.92. The highest BCUT2D eigenvalue weighted by molar-refractivity contribution is 5.29. The van der Waals surface area contributed by atoms with Crippen LogP contribution in [0, 0.1) is 6.92 Å². The molecule has 1 saturated heterocycles. The monoisotopic (exact) mass is 289 g/mol. The summed E-state index contributed by atoms with van der Waals surface area (Å²) in [6, 6.07) is 9.89. The summed E-state index contributed by atoms with van der Waals surface area (Å²) in [5.74, 6) is 0. The number of rotatable bonds is 6. The molecular weight excluding hydrogens is 258 g/mol. The number of piperazine rings is 1. The Labute approximate surface area is 130 Å². The molecule has 0 radical (unpaired) electrons. The van der Waals surface area contributed by atoms with Crippen LogP contribution in [0.1, 0.15) is 37.4 Å². The molecule has 2 unspecified atom stereocenters. The van der Waals surface area contributed by atoms with Crippen LogP contribution in [0.25, 0.3) is 0 Å². The van der Waals surface area contributed by atoms with E-state index in [1.807, 2.05) is 0 Å². The molecule has 0 amide bonds. The van der Waals surface area contributed by atoms with Crippen molar-refractivity contribution in [3.05, 3.63) is 35.4 Å². The van der Waals surface area contributed by atoms with Gasteiger partial charge in [-0.3, -0.25) is 9.80 Å². The van der Waals surface area contributed by atoms with Crippen molar-refractivity contribution in [3.63, 3.8) is 0 Å². The van der Waals surface area contributed by atoms with E-state index >= 15 is 0 Å². The van der Waals surface area contributed by atoms with E-state index in [0.717, 1.165) is 12.6 Å². The van der Waals surface area contributed by atoms with Gasteiger partial charge in [0.05, 0.1) is 0 Å². The Morgan fingerprint density at radius 3 is 2.38 bits per heavy atom. The molecule has 0 aromatic heterocycles. The Hall–Kier alpha value is -0.900. The van der Waals surface area contributed by atoms with E-state index in [4.69, 9.17) is 0 Å². The summed E-state index contributed by atoms with van der Waals surface area (Å²) in [4.78, 5) is 5.23. The molecule has 1 N–H and O–H groups in total. The van der Waals surface area contributed by atoms with Gasteiger partial charge in [0.2, 0.25) is 0 Å². The van der Waals surface area contributed by atoms with Crippen molar-refractivity contribution in [2.75, 3.05) is 39.8 Å². The van der Waals surface area contributed by atoms with Crippen LogP contribution in [0.4, 0.5) is 0 Å². The largest absolute Gasteiger partial charge is 0.312 e. The fourth-order valence-electron chi connectivity index (χ4n) is 3.23. The molecule has 1 aromatic rings. The predicted molar refractivity (Wildman–Crippen MR) is 90.7 cm³/mol. The smallest absolute Gasteiger partial charge is 0.0449 e. The number of benzene rings is 1. The van der Waals surface area contributed by atoms with E-state index in [1.165, 1.54) is 43.7 Å². The second-order valence-corrected chi connectivity index (χ2v) is 6.29. The third-order valence-corrected chi connectivity index (χ3v) is 4.97. The SMILES string of the molecule is CCC(C)N1CCN(CC(NC)c2ccccc2C)CC1. The topological polar surface area (TPSA) is 18.5 Å². The van der Waals surface area contributed by atoms with Crippen molar-refractivity contribution in [3.8, 4) is 0 Å². The molecule has 1 aliphatic heterocycles. The van der Waals surface area contributed by atoms with Crippen LogP contribution in [0.3, 0.4) is 0 Å². The number of likely N-dealkylation sites (N-methyl/N-ethyl adjacent to an activating group) is 1. The quantitative estimate of drug-likeness (QED) is 0.868. The number of aryl methyl sites for hydroxylation is 1. The van der Waals surface area contributed by atoms with Crippen molar-refractivity contribution in [2.24, 2.45) is 0 Å². The van der Waals surface area contributed by atoms with Crippen LogP contribution in [-0.4, -0.2) is 55.6 Å². The van der Waals surface area contributed by atoms with Crippen molar-refractivity contribution in [1.29, 1.82) is 0 Å². The minimum atomic E-state index is 0.432. The first-order valence-electron chi connectivity index (χ1n) is 8.34. The molecule has 21 heavy (non-hydrogen) atoms. The zero-order chi connectivity index (χ0) is 15.2. The summed E-state index contributed by atoms with van der Waals surface area (Å²) in [6.07, 6.45) is 1.25. The normalized spacial score (nSPS) is 20.4. The average molecular weight is 289 g/mol. The van der Waals surface area contributed by atoms with E-state index in [-0.39, 0.29) is 0 Å². The fourth-order valence-corrected chi connectivity index (χ4v) is 3.23. The lowest BCUT2D eigenvalue weighted by molar-refractivity contribution is 0.0945. The predicted octanol–water partition coefficient (Wildman–Crippen LogP) is 2.67. The molecule has 3 heteroatoms. The Balaban J connectivity index is 1.91. The standard InChI is InChI=1S/C18H31N3/c1-5-16(3)21-12-10-20(11-13-21)14-18(19-4)17-9-7-6-8-15(17)2/h6-9,16,18-19H,5,10-14H2,1-4H3. The molecule has 0 aliphatic carbocycles. The van der Waals surface area contributed by atoms with Gasteiger partial charge in [0.15, 0.2) is 0 Å². The average Bonchev–Trinajstić information content (AvgIpc) is 2.53. The molecule has 1 fully saturated rings. The van der Waals surface area contributed by atoms with Gasteiger partial charge in [-0.15, -0.1) is 0 Å². The van der Waals surface area contributed by atoms with Crippen LogP contribution in [0.15, 0.2) is 24.3 Å². The summed E-state index contributed by atoms with van der Waals surface area (Å²) >= 11 is 0. The molecule has 0 saturated carbocycles. The maximum Gasteiger partial charge on any atom is 0.0449 e. The van der Waals surface area contributed by atoms with Gasteiger partial charge in [0.1, 0.15) is 0 Å². The van der Waals surface area contributed by atoms with Crippen molar-refractivity contribution >= 4 is 0 Å². The van der Waals surface area contributed by atoms with Gasteiger partial charge in [-0.25, -0.2) is 0 Å². The summed E-state index contributed by atoms with van der Waals surface area (Å²) < 4.78 is 0. The maximum absolute atomic E-state index is 3.50. The third kappa shape index (κ3) is 4.29. The van der Waals surface area contributed by atoms with Crippen molar-refractivity contribution in [1.82, 2.24) is 15.1 Å². The van der Waals surface area contributed by atoms with Gasteiger partial charge in [0.25, 0.3) is 0 Å². The summed E-state index contributed by atoms with van der Waals surface area (Å²) in [5.41, 5.74) is 2.82. The Kier molecular flexibility index (Phi) is 6.22. The summed E-state index contributed by atoms with van der Waals surface area (Å²) in [7, 11) is 2.08. The Morgan fingerprint density at radius 2 is 1.81 bits per heavy atom. The number of hydrogen-bond acceptors (Lipinski definition) is 3. The molecule has 118 valence electrons. The highest BCUT2D eigenvalue weighted by atomic mass is 15.3. The lowest BCUT2D eigenvalue weighted by Crippen LogP contribution is -2.51. The van der Waals surface area contributed by atoms with Gasteiger partial charge >= 0.3 is 0 Å². The zero-order valence-corrected chi connectivity index (χ0v) is 14.1. The molecule has 2 rings (SSSR count). The van der Waals surface area contributed by atoms with Gasteiger partial charge < -0.3 is 5.32 Å². The third-order valence-electron chi connectivity index (χ3n) is 4.97. The summed E-state index contributed by atoms with van der Waals surface area (Å²) in [5, 5.41) is 3.50. The van der Waals surface area contributed by atoms with Gasteiger partial charge in [-0.1, -0.05) is 31.2 Å². The number of hydrogen-bond donors (Lipinski definition) is 1. The molecule has 1 aromatic carbocycles. The lowest BCUT2D eigenvalue weighted by Gasteiger charge is -2.39. The molecule has 2 atom stereocenters. The van der Waals surface area contributed by atoms with Gasteiger partial charge in [-0.2, -0.15) is 0 Å². The lowest BCUT2D eigenvalue weighted by atomic mass is 10.0. The van der Waals surface area contributed by atoms with Gasteiger partial charge in [0, 0.05) is 44.8 Å². The van der Waals surface area contributed by atoms with Crippen LogP contribution >= 0.6 is 0 Å². The van der Waals surface area contributed by atoms with Crippen LogP contribution < -0.4 is 5.32 Å². The highest BCUT2D eigenvalue weighted by Crippen LogP contribution is 2.19. The fraction of sp³-hybridized carbons (Fsp3) is 0.667. The van der Waals surface area contributed by atoms with Crippen LogP contribution in [0.2, 0.25) is 0 Å². The van der Waals surface area contributed by atoms with Crippen molar-refractivity contribution in [2.45, 2.75) is 39.3 Å². The van der Waals surface area contributed by atoms with E-state index < -0.39 is 0 Å². The number of nitrogens with zero attached hydrogens (tertiary/aromatic N) is 2. The maximum atomic E-state index is 3.50. The molecule has 1 heterocycles. The Morgan fingerprint density at radius 1 is 1.14 bits per heavy atom. The second-order valence-electron chi connectivity index (χ2n) is 6.29. The molecule has 3 nitrogen and oxygen atoms in total.